The number of anilines is 2. The Morgan fingerprint density at radius 1 is 1.26 bits per heavy atom. The molecule has 31 heavy (non-hydrogen) atoms. The summed E-state index contributed by atoms with van der Waals surface area (Å²) < 4.78 is 28.2. The normalized spacial score (nSPS) is 15.4. The maximum atomic E-state index is 12.8. The van der Waals surface area contributed by atoms with Crippen molar-refractivity contribution in [2.24, 2.45) is 5.14 Å². The molecular weight excluding hydrogens is 414 g/mol. The van der Waals surface area contributed by atoms with Gasteiger partial charge in [0.15, 0.2) is 5.76 Å². The van der Waals surface area contributed by atoms with Gasteiger partial charge in [0.25, 0.3) is 5.91 Å². The Morgan fingerprint density at radius 2 is 2.00 bits per heavy atom. The zero-order valence-corrected chi connectivity index (χ0v) is 17.6. The number of hydrogen-bond donors (Lipinski definition) is 2. The number of nitrogens with zero attached hydrogens (tertiary/aromatic N) is 1. The minimum absolute atomic E-state index is 0.0288. The van der Waals surface area contributed by atoms with Gasteiger partial charge in [-0.05, 0) is 67.4 Å². The number of benzene rings is 2. The molecule has 2 aromatic carbocycles. The van der Waals surface area contributed by atoms with Gasteiger partial charge >= 0.3 is 0 Å². The molecule has 0 bridgehead atoms. The third kappa shape index (κ3) is 4.19. The third-order valence-electron chi connectivity index (χ3n) is 5.34. The summed E-state index contributed by atoms with van der Waals surface area (Å²) in [5.41, 5.74) is 4.32. The molecule has 1 aromatic heterocycles. The van der Waals surface area contributed by atoms with Gasteiger partial charge in [-0.1, -0.05) is 5.92 Å². The van der Waals surface area contributed by atoms with E-state index < -0.39 is 15.9 Å². The summed E-state index contributed by atoms with van der Waals surface area (Å²) in [5.74, 6) is 2.45. The highest BCUT2D eigenvalue weighted by molar-refractivity contribution is 7.89. The number of primary sulfonamides is 1. The van der Waals surface area contributed by atoms with E-state index >= 15 is 0 Å². The number of amides is 1. The number of furan rings is 1. The quantitative estimate of drug-likeness (QED) is 0.599. The molecule has 0 spiro atoms. The molecule has 1 unspecified atom stereocenters. The van der Waals surface area contributed by atoms with Gasteiger partial charge in [-0.3, -0.25) is 4.79 Å². The number of carbonyl (C=O) groups is 1. The van der Waals surface area contributed by atoms with Crippen LogP contribution < -0.4 is 15.4 Å². The molecule has 1 amide bonds. The third-order valence-corrected chi connectivity index (χ3v) is 6.27. The molecule has 1 atom stereocenters. The highest BCUT2D eigenvalue weighted by Crippen LogP contribution is 2.34. The molecule has 3 aromatic rings. The minimum atomic E-state index is -3.79. The lowest BCUT2D eigenvalue weighted by Gasteiger charge is -2.24. The van der Waals surface area contributed by atoms with Gasteiger partial charge in [0.05, 0.1) is 11.2 Å². The average Bonchev–Trinajstić information content (AvgIpc) is 3.32. The van der Waals surface area contributed by atoms with Crippen molar-refractivity contribution in [2.75, 3.05) is 10.2 Å². The lowest BCUT2D eigenvalue weighted by molar-refractivity contribution is 0.0995. The lowest BCUT2D eigenvalue weighted by atomic mass is 10.1. The van der Waals surface area contributed by atoms with Crippen molar-refractivity contribution in [1.29, 1.82) is 0 Å². The number of terminal acetylenes is 1. The Bertz CT molecular complexity index is 1290. The van der Waals surface area contributed by atoms with Crippen molar-refractivity contribution in [3.63, 3.8) is 0 Å². The summed E-state index contributed by atoms with van der Waals surface area (Å²) in [5, 5.41) is 7.82. The van der Waals surface area contributed by atoms with Gasteiger partial charge in [-0.2, -0.15) is 0 Å². The maximum Gasteiger partial charge on any atom is 0.291 e. The van der Waals surface area contributed by atoms with E-state index in [2.05, 4.69) is 23.1 Å². The smallest absolute Gasteiger partial charge is 0.291 e. The fraction of sp³-hybridized carbons (Fsp3) is 0.174. The number of rotatable bonds is 5. The summed E-state index contributed by atoms with van der Waals surface area (Å²) >= 11 is 0. The Hall–Kier alpha value is -3.54. The number of carbonyl (C=O) groups excluding carboxylic acids is 1. The number of nitrogens with one attached hydrogen (secondary N) is 1. The molecular formula is C23H21N3O4S. The topological polar surface area (TPSA) is 106 Å². The first-order valence-electron chi connectivity index (χ1n) is 9.63. The fourth-order valence-electron chi connectivity index (χ4n) is 3.78. The van der Waals surface area contributed by atoms with Crippen LogP contribution in [0.2, 0.25) is 0 Å². The van der Waals surface area contributed by atoms with Crippen LogP contribution in [0.4, 0.5) is 11.4 Å². The van der Waals surface area contributed by atoms with Gasteiger partial charge < -0.3 is 14.6 Å². The van der Waals surface area contributed by atoms with E-state index in [1.807, 2.05) is 18.2 Å². The lowest BCUT2D eigenvalue weighted by Crippen LogP contribution is -2.29. The van der Waals surface area contributed by atoms with E-state index in [9.17, 15) is 13.2 Å². The molecule has 0 aliphatic carbocycles. The molecule has 1 aliphatic heterocycles. The van der Waals surface area contributed by atoms with Gasteiger partial charge in [-0.25, -0.2) is 13.6 Å². The first kappa shape index (κ1) is 20.7. The van der Waals surface area contributed by atoms with E-state index in [0.29, 0.717) is 12.2 Å². The van der Waals surface area contributed by atoms with Crippen LogP contribution in [0.25, 0.3) is 0 Å². The summed E-state index contributed by atoms with van der Waals surface area (Å²) in [6, 6.07) is 13.6. The van der Waals surface area contributed by atoms with E-state index in [1.165, 1.54) is 36.1 Å². The second-order valence-corrected chi connectivity index (χ2v) is 9.03. The van der Waals surface area contributed by atoms with Crippen molar-refractivity contribution in [1.82, 2.24) is 0 Å². The molecule has 1 aliphatic rings. The maximum absolute atomic E-state index is 12.8. The standard InChI is InChI=1S/C23H21N3O4S/c1-3-16-4-9-21-18(13-16)12-15(2)26(21)14-17-10-11-30-22(17)23(27)25-19-5-7-20(8-6-19)31(24,28)29/h1,4-11,13,15H,12,14H2,2H3,(H,25,27)(H2,24,28,29). The molecule has 0 saturated carbocycles. The van der Waals surface area contributed by atoms with E-state index in [-0.39, 0.29) is 16.7 Å². The van der Waals surface area contributed by atoms with Gasteiger partial charge in [-0.15, -0.1) is 6.42 Å². The largest absolute Gasteiger partial charge is 0.459 e. The molecule has 158 valence electrons. The van der Waals surface area contributed by atoms with Crippen molar-refractivity contribution < 1.29 is 17.6 Å². The van der Waals surface area contributed by atoms with Crippen LogP contribution in [0.15, 0.2) is 64.1 Å². The second kappa shape index (κ2) is 7.95. The molecule has 3 N–H and O–H groups in total. The van der Waals surface area contributed by atoms with E-state index in [4.69, 9.17) is 16.0 Å². The highest BCUT2D eigenvalue weighted by atomic mass is 32.2. The summed E-state index contributed by atoms with van der Waals surface area (Å²) in [7, 11) is -3.79. The fourth-order valence-corrected chi connectivity index (χ4v) is 4.30. The van der Waals surface area contributed by atoms with Crippen LogP contribution in [0.3, 0.4) is 0 Å². The molecule has 8 heteroatoms. The summed E-state index contributed by atoms with van der Waals surface area (Å²) in [6.07, 6.45) is 7.87. The molecule has 0 radical (unpaired) electrons. The van der Waals surface area contributed by atoms with Gasteiger partial charge in [0.1, 0.15) is 0 Å². The first-order chi connectivity index (χ1) is 14.8. The number of sulfonamides is 1. The predicted octanol–water partition coefficient (Wildman–Crippen LogP) is 3.11. The van der Waals surface area contributed by atoms with E-state index in [1.54, 1.807) is 6.07 Å². The van der Waals surface area contributed by atoms with Gasteiger partial charge in [0, 0.05) is 35.1 Å². The molecule has 4 rings (SSSR count). The Labute approximate surface area is 180 Å². The summed E-state index contributed by atoms with van der Waals surface area (Å²) in [4.78, 5) is 15.0. The second-order valence-electron chi connectivity index (χ2n) is 7.47. The molecule has 0 fully saturated rings. The summed E-state index contributed by atoms with van der Waals surface area (Å²) in [6.45, 7) is 2.63. The number of fused-ring (bicyclic) bond motifs is 1. The Kier molecular flexibility index (Phi) is 5.31. The highest BCUT2D eigenvalue weighted by Gasteiger charge is 2.28. The zero-order valence-electron chi connectivity index (χ0n) is 16.8. The monoisotopic (exact) mass is 435 g/mol. The predicted molar refractivity (Wildman–Crippen MR) is 118 cm³/mol. The van der Waals surface area contributed by atoms with Crippen LogP contribution in [0.1, 0.15) is 34.2 Å². The van der Waals surface area contributed by atoms with Crippen molar-refractivity contribution >= 4 is 27.3 Å². The van der Waals surface area contributed by atoms with Crippen LogP contribution >= 0.6 is 0 Å². The van der Waals surface area contributed by atoms with Crippen molar-refractivity contribution in [3.05, 3.63) is 77.2 Å². The van der Waals surface area contributed by atoms with E-state index in [0.717, 1.165) is 23.2 Å². The SMILES string of the molecule is C#Cc1ccc2c(c1)CC(C)N2Cc1ccoc1C(=O)Nc1ccc(S(N)(=O)=O)cc1. The van der Waals surface area contributed by atoms with Crippen LogP contribution in [-0.2, 0) is 23.0 Å². The zero-order chi connectivity index (χ0) is 22.2. The number of nitrogens with two attached hydrogens (primary N) is 1. The average molecular weight is 436 g/mol. The van der Waals surface area contributed by atoms with Crippen molar-refractivity contribution in [2.45, 2.75) is 30.8 Å². The van der Waals surface area contributed by atoms with Crippen LogP contribution in [-0.4, -0.2) is 20.4 Å². The molecule has 7 nitrogen and oxygen atoms in total. The van der Waals surface area contributed by atoms with Crippen LogP contribution in [0, 0.1) is 12.3 Å². The Balaban J connectivity index is 1.52. The molecule has 2 heterocycles. The van der Waals surface area contributed by atoms with Gasteiger partial charge in [0.2, 0.25) is 10.0 Å². The van der Waals surface area contributed by atoms with Crippen LogP contribution in [0.5, 0.6) is 0 Å². The minimum Gasteiger partial charge on any atom is -0.459 e. The van der Waals surface area contributed by atoms with Crippen molar-refractivity contribution in [3.8, 4) is 12.3 Å². The first-order valence-corrected chi connectivity index (χ1v) is 11.2. The Morgan fingerprint density at radius 3 is 2.68 bits per heavy atom. The molecule has 0 saturated heterocycles. The number of hydrogen-bond acceptors (Lipinski definition) is 5.